The van der Waals surface area contributed by atoms with Crippen molar-refractivity contribution in [2.45, 2.75) is 83.1 Å². The highest BCUT2D eigenvalue weighted by Gasteiger charge is 2.33. The molecule has 1 fully saturated rings. The third-order valence-corrected chi connectivity index (χ3v) is 8.97. The summed E-state index contributed by atoms with van der Waals surface area (Å²) < 4.78 is 14.8. The van der Waals surface area contributed by atoms with Crippen molar-refractivity contribution < 1.29 is 29.3 Å². The largest absolute Gasteiger partial charge is 0.481 e. The van der Waals surface area contributed by atoms with Crippen LogP contribution in [0.25, 0.3) is 11.1 Å². The number of benzene rings is 3. The Balaban J connectivity index is 1.26. The summed E-state index contributed by atoms with van der Waals surface area (Å²) in [5, 5.41) is 21.8. The van der Waals surface area contributed by atoms with Crippen LogP contribution in [0.5, 0.6) is 0 Å². The van der Waals surface area contributed by atoms with Gasteiger partial charge in [-0.25, -0.2) is 4.98 Å². The quantitative estimate of drug-likeness (QED) is 0.110. The molecular formula is C36H39Cl2N3O6. The van der Waals surface area contributed by atoms with E-state index in [-0.39, 0.29) is 36.3 Å². The zero-order chi connectivity index (χ0) is 33.2. The summed E-state index contributed by atoms with van der Waals surface area (Å²) >= 11 is 12.5. The fraction of sp³-hybridized carbons (Fsp3) is 0.361. The highest BCUT2D eigenvalue weighted by atomic mass is 35.5. The van der Waals surface area contributed by atoms with Crippen molar-refractivity contribution in [1.29, 1.82) is 0 Å². The molecule has 3 N–H and O–H groups in total. The van der Waals surface area contributed by atoms with Gasteiger partial charge in [0.1, 0.15) is 5.15 Å². The molecule has 1 aromatic heterocycles. The smallest absolute Gasteiger partial charge is 0.303 e. The number of nitrogens with one attached hydrogen (secondary N) is 1. The molecule has 0 spiro atoms. The summed E-state index contributed by atoms with van der Waals surface area (Å²) in [6.07, 6.45) is 4.64. The highest BCUT2D eigenvalue weighted by molar-refractivity contribution is 6.40. The van der Waals surface area contributed by atoms with E-state index < -0.39 is 12.3 Å². The van der Waals surface area contributed by atoms with E-state index in [1.54, 1.807) is 10.9 Å². The van der Waals surface area contributed by atoms with Crippen LogP contribution in [0.15, 0.2) is 79.1 Å². The van der Waals surface area contributed by atoms with Gasteiger partial charge in [-0.15, -0.1) is 0 Å². The van der Waals surface area contributed by atoms with E-state index in [0.29, 0.717) is 37.5 Å². The SMILES string of the molecule is O=C(O)CCCCCCC(=O)NCc1cccc(-c2cccc([C@@H]3O[C@H](Cn4cnc(Cl)c4Cl)C[C@H](c4ccc(CO)cc4)O3)c2)c1. The Labute approximate surface area is 284 Å². The molecule has 9 nitrogen and oxygen atoms in total. The Morgan fingerprint density at radius 3 is 2.30 bits per heavy atom. The van der Waals surface area contributed by atoms with E-state index in [0.717, 1.165) is 52.6 Å². The second kappa shape index (κ2) is 16.9. The minimum absolute atomic E-state index is 0.0170. The van der Waals surface area contributed by atoms with Gasteiger partial charge in [0.2, 0.25) is 5.91 Å². The second-order valence-electron chi connectivity index (χ2n) is 11.7. The number of hydrogen-bond acceptors (Lipinski definition) is 6. The molecule has 4 aromatic rings. The number of aliphatic carboxylic acids is 1. The number of carboxylic acid groups (broad SMARTS) is 1. The zero-order valence-corrected chi connectivity index (χ0v) is 27.5. The Kier molecular flexibility index (Phi) is 12.4. The maximum atomic E-state index is 12.4. The first kappa shape index (κ1) is 34.6. The molecular weight excluding hydrogens is 641 g/mol. The van der Waals surface area contributed by atoms with Crippen LogP contribution in [0.3, 0.4) is 0 Å². The number of imidazole rings is 1. The molecule has 2 heterocycles. The minimum atomic E-state index is -0.783. The van der Waals surface area contributed by atoms with Gasteiger partial charge in [-0.2, -0.15) is 0 Å². The van der Waals surface area contributed by atoms with Crippen molar-refractivity contribution in [2.24, 2.45) is 0 Å². The zero-order valence-electron chi connectivity index (χ0n) is 26.0. The topological polar surface area (TPSA) is 123 Å². The summed E-state index contributed by atoms with van der Waals surface area (Å²) in [5.74, 6) is -0.800. The molecule has 11 heteroatoms. The first-order valence-corrected chi connectivity index (χ1v) is 16.6. The van der Waals surface area contributed by atoms with Gasteiger partial charge in [-0.05, 0) is 52.8 Å². The maximum absolute atomic E-state index is 12.4. The molecule has 1 aliphatic rings. The summed E-state index contributed by atoms with van der Waals surface area (Å²) in [4.78, 5) is 27.1. The van der Waals surface area contributed by atoms with E-state index in [4.69, 9.17) is 37.8 Å². The van der Waals surface area contributed by atoms with Crippen molar-refractivity contribution in [2.75, 3.05) is 0 Å². The van der Waals surface area contributed by atoms with Gasteiger partial charge in [0.25, 0.3) is 0 Å². The van der Waals surface area contributed by atoms with Crippen LogP contribution in [0.2, 0.25) is 10.3 Å². The van der Waals surface area contributed by atoms with Crippen LogP contribution < -0.4 is 5.32 Å². The molecule has 0 unspecified atom stereocenters. The fourth-order valence-corrected chi connectivity index (χ4v) is 5.97. The molecule has 1 aliphatic heterocycles. The van der Waals surface area contributed by atoms with Crippen LogP contribution in [0.1, 0.15) is 79.6 Å². The number of ether oxygens (including phenoxy) is 2. The van der Waals surface area contributed by atoms with E-state index >= 15 is 0 Å². The Bertz CT molecular complexity index is 1640. The monoisotopic (exact) mass is 679 g/mol. The van der Waals surface area contributed by atoms with Crippen molar-refractivity contribution in [3.63, 3.8) is 0 Å². The van der Waals surface area contributed by atoms with Crippen molar-refractivity contribution >= 4 is 35.1 Å². The maximum Gasteiger partial charge on any atom is 0.303 e. The lowest BCUT2D eigenvalue weighted by molar-refractivity contribution is -0.252. The summed E-state index contributed by atoms with van der Waals surface area (Å²) in [6.45, 7) is 0.833. The highest BCUT2D eigenvalue weighted by Crippen LogP contribution is 2.39. The van der Waals surface area contributed by atoms with Crippen molar-refractivity contribution in [3.05, 3.63) is 112 Å². The van der Waals surface area contributed by atoms with Gasteiger partial charge in [0.15, 0.2) is 11.4 Å². The molecule has 248 valence electrons. The summed E-state index contributed by atoms with van der Waals surface area (Å²) in [5.41, 5.74) is 5.64. The number of carbonyl (C=O) groups excluding carboxylic acids is 1. The first-order chi connectivity index (χ1) is 22.8. The Morgan fingerprint density at radius 1 is 0.872 bits per heavy atom. The van der Waals surface area contributed by atoms with Crippen molar-refractivity contribution in [3.8, 4) is 11.1 Å². The molecule has 1 amide bonds. The van der Waals surface area contributed by atoms with E-state index in [9.17, 15) is 14.7 Å². The van der Waals surface area contributed by atoms with E-state index in [1.807, 2.05) is 60.7 Å². The molecule has 0 saturated carbocycles. The number of amides is 1. The lowest BCUT2D eigenvalue weighted by Gasteiger charge is -2.36. The van der Waals surface area contributed by atoms with Crippen molar-refractivity contribution in [1.82, 2.24) is 14.9 Å². The number of hydrogen-bond donors (Lipinski definition) is 3. The van der Waals surface area contributed by atoms with Gasteiger partial charge in [0.05, 0.1) is 31.7 Å². The second-order valence-corrected chi connectivity index (χ2v) is 12.5. The number of carbonyl (C=O) groups is 2. The van der Waals surface area contributed by atoms with Crippen LogP contribution in [0, 0.1) is 0 Å². The minimum Gasteiger partial charge on any atom is -0.481 e. The summed E-state index contributed by atoms with van der Waals surface area (Å²) in [7, 11) is 0. The van der Waals surface area contributed by atoms with E-state index in [1.165, 1.54) is 0 Å². The average Bonchev–Trinajstić information content (AvgIpc) is 3.41. The third-order valence-electron chi connectivity index (χ3n) is 8.20. The number of nitrogens with zero attached hydrogens (tertiary/aromatic N) is 2. The van der Waals surface area contributed by atoms with Crippen LogP contribution in [-0.2, 0) is 38.8 Å². The van der Waals surface area contributed by atoms with Crippen LogP contribution in [-0.4, -0.2) is 37.7 Å². The molecule has 0 bridgehead atoms. The molecule has 1 saturated heterocycles. The number of carboxylic acids is 1. The predicted molar refractivity (Wildman–Crippen MR) is 180 cm³/mol. The lowest BCUT2D eigenvalue weighted by atomic mass is 9.98. The molecule has 3 aromatic carbocycles. The Morgan fingerprint density at radius 2 is 1.60 bits per heavy atom. The number of halogens is 2. The van der Waals surface area contributed by atoms with E-state index in [2.05, 4.69) is 22.4 Å². The predicted octanol–water partition coefficient (Wildman–Crippen LogP) is 7.64. The lowest BCUT2D eigenvalue weighted by Crippen LogP contribution is -2.32. The molecule has 0 radical (unpaired) electrons. The fourth-order valence-electron chi connectivity index (χ4n) is 5.65. The number of aromatic nitrogens is 2. The molecule has 47 heavy (non-hydrogen) atoms. The summed E-state index contributed by atoms with van der Waals surface area (Å²) in [6, 6.07) is 23.8. The third kappa shape index (κ3) is 9.89. The van der Waals surface area contributed by atoms with Gasteiger partial charge in [0, 0.05) is 31.4 Å². The van der Waals surface area contributed by atoms with Gasteiger partial charge in [-0.1, -0.05) is 96.7 Å². The van der Waals surface area contributed by atoms with Crippen LogP contribution in [0.4, 0.5) is 0 Å². The Hall–Kier alpha value is -3.73. The molecule has 0 aliphatic carbocycles. The average molecular weight is 681 g/mol. The van der Waals surface area contributed by atoms with Gasteiger partial charge in [-0.3, -0.25) is 9.59 Å². The number of unbranched alkanes of at least 4 members (excludes halogenated alkanes) is 3. The number of rotatable bonds is 15. The molecule has 3 atom stereocenters. The number of aliphatic hydroxyl groups excluding tert-OH is 1. The first-order valence-electron chi connectivity index (χ1n) is 15.8. The van der Waals surface area contributed by atoms with Gasteiger partial charge >= 0.3 is 5.97 Å². The molecule has 5 rings (SSSR count). The standard InChI is InChI=1S/C36H39Cl2N3O6/c37-34-35(38)41(23-40-34)21-30-19-31(26-15-13-24(22-42)14-16-26)47-36(46-30)29-10-6-9-28(18-29)27-8-5-7-25(17-27)20-39-32(43)11-3-1-2-4-12-33(44)45/h5-10,13-18,23,30-31,36,42H,1-4,11-12,19-22H2,(H,39,43)(H,44,45)/t30-,31+,36+/m0/s1. The normalized spacial score (nSPS) is 17.8. The van der Waals surface area contributed by atoms with Gasteiger partial charge < -0.3 is 29.6 Å². The number of aliphatic hydroxyl groups is 1. The van der Waals surface area contributed by atoms with Crippen LogP contribution >= 0.6 is 23.2 Å².